The van der Waals surface area contributed by atoms with Gasteiger partial charge < -0.3 is 15.3 Å². The summed E-state index contributed by atoms with van der Waals surface area (Å²) in [6.45, 7) is 14.5. The molecular weight excluding hydrogens is 254 g/mol. The molecule has 0 saturated carbocycles. The van der Waals surface area contributed by atoms with Crippen LogP contribution in [-0.2, 0) is 4.79 Å². The quantitative estimate of drug-likeness (QED) is 0.780. The summed E-state index contributed by atoms with van der Waals surface area (Å²) in [5, 5.41) is 12.5. The number of aliphatic hydroxyl groups excluding tert-OH is 1. The number of nitrogens with one attached hydrogen (secondary N) is 1. The lowest BCUT2D eigenvalue weighted by molar-refractivity contribution is -0.123. The summed E-state index contributed by atoms with van der Waals surface area (Å²) in [7, 11) is 0. The van der Waals surface area contributed by atoms with Crippen LogP contribution in [0.1, 0.15) is 41.0 Å². The lowest BCUT2D eigenvalue weighted by Gasteiger charge is -2.40. The molecule has 1 rings (SSSR count). The van der Waals surface area contributed by atoms with Crippen molar-refractivity contribution < 1.29 is 9.90 Å². The number of β-amino-alcohol motifs (C(OH)–C–C–N with tert-alkyl or cyclic N) is 1. The van der Waals surface area contributed by atoms with Crippen LogP contribution in [0.25, 0.3) is 0 Å². The Kier molecular flexibility index (Phi) is 6.43. The predicted molar refractivity (Wildman–Crippen MR) is 81.7 cm³/mol. The molecular formula is C15H31N3O2. The molecule has 1 heterocycles. The molecule has 0 spiro atoms. The highest BCUT2D eigenvalue weighted by atomic mass is 16.3. The molecule has 0 unspecified atom stereocenters. The Balaban J connectivity index is 2.29. The molecule has 0 aromatic carbocycles. The molecule has 0 radical (unpaired) electrons. The summed E-state index contributed by atoms with van der Waals surface area (Å²) in [4.78, 5) is 16.5. The van der Waals surface area contributed by atoms with Gasteiger partial charge in [-0.3, -0.25) is 9.69 Å². The molecule has 5 heteroatoms. The maximum atomic E-state index is 11.8. The molecule has 0 aromatic rings. The van der Waals surface area contributed by atoms with Gasteiger partial charge in [-0.05, 0) is 34.6 Å². The fourth-order valence-corrected chi connectivity index (χ4v) is 2.62. The van der Waals surface area contributed by atoms with Crippen LogP contribution in [0.3, 0.4) is 0 Å². The Morgan fingerprint density at radius 1 is 1.40 bits per heavy atom. The van der Waals surface area contributed by atoms with Gasteiger partial charge in [0.2, 0.25) is 5.91 Å². The summed E-state index contributed by atoms with van der Waals surface area (Å²) in [5.74, 6) is 0.122. The van der Waals surface area contributed by atoms with Gasteiger partial charge in [-0.2, -0.15) is 0 Å². The number of nitrogens with zero attached hydrogens (tertiary/aromatic N) is 2. The molecule has 0 aliphatic carbocycles. The number of aliphatic hydroxyl groups is 1. The van der Waals surface area contributed by atoms with Gasteiger partial charge in [-0.1, -0.05) is 0 Å². The summed E-state index contributed by atoms with van der Waals surface area (Å²) in [6.07, 6.45) is 0.280. The third-order valence-electron chi connectivity index (χ3n) is 3.52. The average Bonchev–Trinajstić information content (AvgIpc) is 2.27. The highest BCUT2D eigenvalue weighted by Crippen LogP contribution is 2.10. The van der Waals surface area contributed by atoms with Crippen LogP contribution in [0.15, 0.2) is 0 Å². The van der Waals surface area contributed by atoms with E-state index in [0.717, 1.165) is 32.7 Å². The number of carbonyl (C=O) groups is 1. The van der Waals surface area contributed by atoms with E-state index in [1.165, 1.54) is 0 Å². The van der Waals surface area contributed by atoms with E-state index in [4.69, 9.17) is 0 Å². The highest BCUT2D eigenvalue weighted by molar-refractivity contribution is 5.76. The van der Waals surface area contributed by atoms with Gasteiger partial charge in [0.25, 0.3) is 0 Å². The number of hydrogen-bond donors (Lipinski definition) is 2. The molecule has 20 heavy (non-hydrogen) atoms. The SMILES string of the molecule is C[C@H](O)CN1CCN(CCC(=O)NC(C)(C)C)C[C@H]1C. The van der Waals surface area contributed by atoms with Gasteiger partial charge >= 0.3 is 0 Å². The van der Waals surface area contributed by atoms with E-state index in [1.807, 2.05) is 27.7 Å². The minimum absolute atomic E-state index is 0.122. The molecule has 2 atom stereocenters. The Bertz CT molecular complexity index is 313. The molecule has 1 aliphatic rings. The second kappa shape index (κ2) is 7.38. The van der Waals surface area contributed by atoms with Crippen LogP contribution < -0.4 is 5.32 Å². The summed E-state index contributed by atoms with van der Waals surface area (Å²) in [5.41, 5.74) is -0.152. The first-order valence-corrected chi connectivity index (χ1v) is 7.63. The lowest BCUT2D eigenvalue weighted by atomic mass is 10.1. The van der Waals surface area contributed by atoms with Crippen LogP contribution in [-0.4, -0.2) is 71.2 Å². The molecule has 1 saturated heterocycles. The van der Waals surface area contributed by atoms with E-state index in [-0.39, 0.29) is 17.6 Å². The van der Waals surface area contributed by atoms with Crippen LogP contribution >= 0.6 is 0 Å². The normalized spacial score (nSPS) is 23.6. The Hall–Kier alpha value is -0.650. The molecule has 2 N–H and O–H groups in total. The second-order valence-electron chi connectivity index (χ2n) is 7.04. The zero-order valence-electron chi connectivity index (χ0n) is 13.6. The van der Waals surface area contributed by atoms with E-state index in [1.54, 1.807) is 0 Å². The molecule has 5 nitrogen and oxygen atoms in total. The minimum Gasteiger partial charge on any atom is -0.392 e. The van der Waals surface area contributed by atoms with E-state index < -0.39 is 0 Å². The van der Waals surface area contributed by atoms with Crippen molar-refractivity contribution in [2.45, 2.75) is 58.7 Å². The van der Waals surface area contributed by atoms with Crippen molar-refractivity contribution >= 4 is 5.91 Å². The molecule has 118 valence electrons. The third kappa shape index (κ3) is 6.68. The maximum Gasteiger partial charge on any atom is 0.221 e. The fourth-order valence-electron chi connectivity index (χ4n) is 2.62. The van der Waals surface area contributed by atoms with Crippen molar-refractivity contribution in [1.82, 2.24) is 15.1 Å². The standard InChI is InChI=1S/C15H31N3O2/c1-12-10-17(8-9-18(12)11-13(2)19)7-6-14(20)16-15(3,4)5/h12-13,19H,6-11H2,1-5H3,(H,16,20)/t12-,13+/m1/s1. The van der Waals surface area contributed by atoms with E-state index in [2.05, 4.69) is 22.0 Å². The number of rotatable bonds is 5. The molecule has 0 aromatic heterocycles. The van der Waals surface area contributed by atoms with Gasteiger partial charge in [0, 0.05) is 50.7 Å². The predicted octanol–water partition coefficient (Wildman–Crippen LogP) is 0.678. The van der Waals surface area contributed by atoms with E-state index in [0.29, 0.717) is 12.5 Å². The zero-order chi connectivity index (χ0) is 15.3. The monoisotopic (exact) mass is 285 g/mol. The van der Waals surface area contributed by atoms with Crippen molar-refractivity contribution in [1.29, 1.82) is 0 Å². The van der Waals surface area contributed by atoms with Crippen molar-refractivity contribution in [3.05, 3.63) is 0 Å². The molecule has 0 bridgehead atoms. The summed E-state index contributed by atoms with van der Waals surface area (Å²) < 4.78 is 0. The summed E-state index contributed by atoms with van der Waals surface area (Å²) in [6, 6.07) is 0.434. The Labute approximate surface area is 123 Å². The topological polar surface area (TPSA) is 55.8 Å². The first-order chi connectivity index (χ1) is 9.17. The smallest absolute Gasteiger partial charge is 0.221 e. The van der Waals surface area contributed by atoms with Crippen LogP contribution in [0.4, 0.5) is 0 Å². The summed E-state index contributed by atoms with van der Waals surface area (Å²) >= 11 is 0. The maximum absolute atomic E-state index is 11.8. The van der Waals surface area contributed by atoms with E-state index in [9.17, 15) is 9.90 Å². The Morgan fingerprint density at radius 2 is 2.05 bits per heavy atom. The van der Waals surface area contributed by atoms with Gasteiger partial charge in [0.05, 0.1) is 6.10 Å². The number of carbonyl (C=O) groups excluding carboxylic acids is 1. The van der Waals surface area contributed by atoms with Crippen molar-refractivity contribution in [2.75, 3.05) is 32.7 Å². The molecule has 1 aliphatic heterocycles. The molecule has 1 fully saturated rings. The van der Waals surface area contributed by atoms with Crippen LogP contribution in [0, 0.1) is 0 Å². The number of hydrogen-bond acceptors (Lipinski definition) is 4. The largest absolute Gasteiger partial charge is 0.392 e. The highest BCUT2D eigenvalue weighted by Gasteiger charge is 2.24. The van der Waals surface area contributed by atoms with Crippen molar-refractivity contribution in [3.8, 4) is 0 Å². The van der Waals surface area contributed by atoms with Crippen molar-refractivity contribution in [2.24, 2.45) is 0 Å². The fraction of sp³-hybridized carbons (Fsp3) is 0.933. The average molecular weight is 285 g/mol. The van der Waals surface area contributed by atoms with Crippen LogP contribution in [0.2, 0.25) is 0 Å². The second-order valence-corrected chi connectivity index (χ2v) is 7.04. The van der Waals surface area contributed by atoms with Gasteiger partial charge in [-0.25, -0.2) is 0 Å². The zero-order valence-corrected chi connectivity index (χ0v) is 13.6. The van der Waals surface area contributed by atoms with E-state index >= 15 is 0 Å². The number of piperazine rings is 1. The Morgan fingerprint density at radius 3 is 2.55 bits per heavy atom. The van der Waals surface area contributed by atoms with Gasteiger partial charge in [0.15, 0.2) is 0 Å². The lowest BCUT2D eigenvalue weighted by Crippen LogP contribution is -2.54. The van der Waals surface area contributed by atoms with Crippen molar-refractivity contribution in [3.63, 3.8) is 0 Å². The van der Waals surface area contributed by atoms with Gasteiger partial charge in [-0.15, -0.1) is 0 Å². The molecule has 1 amide bonds. The van der Waals surface area contributed by atoms with Crippen LogP contribution in [0.5, 0.6) is 0 Å². The third-order valence-corrected chi connectivity index (χ3v) is 3.52. The minimum atomic E-state index is -0.276. The number of amides is 1. The first kappa shape index (κ1) is 17.4. The first-order valence-electron chi connectivity index (χ1n) is 7.63. The van der Waals surface area contributed by atoms with Gasteiger partial charge in [0.1, 0.15) is 0 Å².